The number of hydrogen-bond donors (Lipinski definition) is 1. The lowest BCUT2D eigenvalue weighted by Gasteiger charge is -2.25. The summed E-state index contributed by atoms with van der Waals surface area (Å²) in [5.74, 6) is -1.26. The van der Waals surface area contributed by atoms with Crippen LogP contribution >= 0.6 is 0 Å². The Morgan fingerprint density at radius 1 is 1.21 bits per heavy atom. The van der Waals surface area contributed by atoms with Gasteiger partial charge in [0.1, 0.15) is 0 Å². The second kappa shape index (κ2) is 6.90. The van der Waals surface area contributed by atoms with E-state index in [4.69, 9.17) is 4.74 Å². The molecule has 1 atom stereocenters. The number of nitrogens with zero attached hydrogens (tertiary/aromatic N) is 1. The molecule has 0 bridgehead atoms. The van der Waals surface area contributed by atoms with Crippen LogP contribution < -0.4 is 5.32 Å². The minimum atomic E-state index is -4.11. The van der Waals surface area contributed by atoms with Crippen molar-refractivity contribution in [2.24, 2.45) is 5.92 Å². The van der Waals surface area contributed by atoms with Gasteiger partial charge in [-0.2, -0.15) is 13.2 Å². The third-order valence-corrected chi connectivity index (χ3v) is 4.00. The number of rotatable bonds is 4. The summed E-state index contributed by atoms with van der Waals surface area (Å²) >= 11 is 0. The number of ether oxygens (including phenoxy) is 1. The lowest BCUT2D eigenvalue weighted by molar-refractivity contribution is -0.176. The van der Waals surface area contributed by atoms with E-state index in [1.807, 2.05) is 4.90 Å². The van der Waals surface area contributed by atoms with Gasteiger partial charge in [0.2, 0.25) is 0 Å². The van der Waals surface area contributed by atoms with Gasteiger partial charge in [0.25, 0.3) is 0 Å². The van der Waals surface area contributed by atoms with Crippen molar-refractivity contribution in [3.63, 3.8) is 0 Å². The summed E-state index contributed by atoms with van der Waals surface area (Å²) in [5, 5.41) is 2.86. The van der Waals surface area contributed by atoms with Gasteiger partial charge in [-0.15, -0.1) is 0 Å². The molecule has 3 nitrogen and oxygen atoms in total. The zero-order chi connectivity index (χ0) is 13.7. The van der Waals surface area contributed by atoms with Gasteiger partial charge in [-0.1, -0.05) is 12.8 Å². The van der Waals surface area contributed by atoms with Crippen molar-refractivity contribution >= 4 is 0 Å². The quantitative estimate of drug-likeness (QED) is 0.853. The Balaban J connectivity index is 1.72. The fourth-order valence-corrected chi connectivity index (χ4v) is 2.81. The molecule has 2 fully saturated rings. The van der Waals surface area contributed by atoms with Crippen molar-refractivity contribution in [3.8, 4) is 0 Å². The molecule has 19 heavy (non-hydrogen) atoms. The molecule has 0 aromatic rings. The Labute approximate surface area is 112 Å². The first-order valence-corrected chi connectivity index (χ1v) is 7.17. The second-order valence-corrected chi connectivity index (χ2v) is 5.52. The molecule has 0 aromatic carbocycles. The van der Waals surface area contributed by atoms with Crippen LogP contribution in [0.2, 0.25) is 0 Å². The van der Waals surface area contributed by atoms with Gasteiger partial charge in [0.15, 0.2) is 0 Å². The second-order valence-electron chi connectivity index (χ2n) is 5.52. The van der Waals surface area contributed by atoms with Gasteiger partial charge in [0, 0.05) is 32.7 Å². The smallest absolute Gasteiger partial charge is 0.377 e. The number of alkyl halides is 3. The summed E-state index contributed by atoms with van der Waals surface area (Å²) in [5.41, 5.74) is 0. The molecule has 0 aromatic heterocycles. The minimum absolute atomic E-state index is 0.0312. The van der Waals surface area contributed by atoms with Crippen molar-refractivity contribution in [1.29, 1.82) is 0 Å². The average Bonchev–Trinajstić information content (AvgIpc) is 2.72. The third kappa shape index (κ3) is 4.93. The van der Waals surface area contributed by atoms with Crippen LogP contribution in [0.4, 0.5) is 13.2 Å². The largest absolute Gasteiger partial charge is 0.394 e. The van der Waals surface area contributed by atoms with Crippen molar-refractivity contribution < 1.29 is 17.9 Å². The molecule has 6 heteroatoms. The number of halogens is 3. The molecule has 1 heterocycles. The lowest BCUT2D eigenvalue weighted by Crippen LogP contribution is -2.39. The SMILES string of the molecule is FC(F)(F)C1CNCCN(CCOC2CCCC2)C1. The Morgan fingerprint density at radius 2 is 1.95 bits per heavy atom. The van der Waals surface area contributed by atoms with E-state index in [-0.39, 0.29) is 13.1 Å². The van der Waals surface area contributed by atoms with Crippen LogP contribution in [-0.4, -0.2) is 56.5 Å². The van der Waals surface area contributed by atoms with Gasteiger partial charge in [0.05, 0.1) is 18.6 Å². The monoisotopic (exact) mass is 280 g/mol. The van der Waals surface area contributed by atoms with Crippen LogP contribution in [0.1, 0.15) is 25.7 Å². The Kier molecular flexibility index (Phi) is 5.47. The zero-order valence-electron chi connectivity index (χ0n) is 11.2. The molecule has 0 spiro atoms. The normalized spacial score (nSPS) is 27.6. The summed E-state index contributed by atoms with van der Waals surface area (Å²) in [4.78, 5) is 1.87. The highest BCUT2D eigenvalue weighted by molar-refractivity contribution is 4.78. The van der Waals surface area contributed by atoms with E-state index < -0.39 is 12.1 Å². The number of nitrogens with one attached hydrogen (secondary N) is 1. The van der Waals surface area contributed by atoms with E-state index in [1.165, 1.54) is 12.8 Å². The van der Waals surface area contributed by atoms with E-state index in [0.29, 0.717) is 32.3 Å². The van der Waals surface area contributed by atoms with Gasteiger partial charge in [-0.25, -0.2) is 0 Å². The molecule has 1 aliphatic carbocycles. The maximum absolute atomic E-state index is 12.8. The van der Waals surface area contributed by atoms with Crippen LogP contribution in [0.5, 0.6) is 0 Å². The van der Waals surface area contributed by atoms with E-state index in [0.717, 1.165) is 12.8 Å². The van der Waals surface area contributed by atoms with Crippen molar-refractivity contribution in [2.75, 3.05) is 39.3 Å². The standard InChI is InChI=1S/C13H23F3N2O/c14-13(15,16)11-9-17-5-6-18(10-11)7-8-19-12-3-1-2-4-12/h11-12,17H,1-10H2. The van der Waals surface area contributed by atoms with Gasteiger partial charge < -0.3 is 10.1 Å². The predicted molar refractivity (Wildman–Crippen MR) is 67.1 cm³/mol. The fraction of sp³-hybridized carbons (Fsp3) is 1.00. The molecule has 0 amide bonds. The molecule has 1 N–H and O–H groups in total. The first-order chi connectivity index (χ1) is 9.05. The third-order valence-electron chi connectivity index (χ3n) is 4.00. The zero-order valence-corrected chi connectivity index (χ0v) is 11.2. The van der Waals surface area contributed by atoms with Crippen molar-refractivity contribution in [2.45, 2.75) is 38.0 Å². The highest BCUT2D eigenvalue weighted by atomic mass is 19.4. The average molecular weight is 280 g/mol. The maximum Gasteiger partial charge on any atom is 0.394 e. The Bertz CT molecular complexity index is 267. The highest BCUT2D eigenvalue weighted by Crippen LogP contribution is 2.27. The van der Waals surface area contributed by atoms with Gasteiger partial charge in [-0.05, 0) is 12.8 Å². The summed E-state index contributed by atoms with van der Waals surface area (Å²) < 4.78 is 44.0. The van der Waals surface area contributed by atoms with E-state index in [2.05, 4.69) is 5.32 Å². The van der Waals surface area contributed by atoms with Crippen LogP contribution in [0.25, 0.3) is 0 Å². The molecule has 2 rings (SSSR count). The van der Waals surface area contributed by atoms with Gasteiger partial charge in [-0.3, -0.25) is 4.90 Å². The summed E-state index contributed by atoms with van der Waals surface area (Å²) in [6.07, 6.45) is 0.869. The molecular formula is C13H23F3N2O. The maximum atomic E-state index is 12.8. The van der Waals surface area contributed by atoms with Crippen LogP contribution in [0.3, 0.4) is 0 Å². The first kappa shape index (κ1) is 15.1. The van der Waals surface area contributed by atoms with Crippen molar-refractivity contribution in [1.82, 2.24) is 10.2 Å². The van der Waals surface area contributed by atoms with E-state index in [1.54, 1.807) is 0 Å². The first-order valence-electron chi connectivity index (χ1n) is 7.17. The fourth-order valence-electron chi connectivity index (χ4n) is 2.81. The molecule has 1 saturated heterocycles. The summed E-state index contributed by atoms with van der Waals surface area (Å²) in [6, 6.07) is 0. The van der Waals surface area contributed by atoms with E-state index >= 15 is 0 Å². The van der Waals surface area contributed by atoms with E-state index in [9.17, 15) is 13.2 Å². The summed E-state index contributed by atoms with van der Waals surface area (Å²) in [6.45, 7) is 2.56. The molecule has 2 aliphatic rings. The van der Waals surface area contributed by atoms with Crippen LogP contribution in [-0.2, 0) is 4.74 Å². The predicted octanol–water partition coefficient (Wildman–Crippen LogP) is 2.03. The topological polar surface area (TPSA) is 24.5 Å². The van der Waals surface area contributed by atoms with Gasteiger partial charge >= 0.3 is 6.18 Å². The molecular weight excluding hydrogens is 257 g/mol. The van der Waals surface area contributed by atoms with Crippen LogP contribution in [0, 0.1) is 5.92 Å². The van der Waals surface area contributed by atoms with Crippen LogP contribution in [0.15, 0.2) is 0 Å². The molecule has 1 saturated carbocycles. The summed E-state index contributed by atoms with van der Waals surface area (Å²) in [7, 11) is 0. The lowest BCUT2D eigenvalue weighted by atomic mass is 10.1. The Morgan fingerprint density at radius 3 is 2.63 bits per heavy atom. The molecule has 112 valence electrons. The molecule has 1 unspecified atom stereocenters. The van der Waals surface area contributed by atoms with Crippen molar-refractivity contribution in [3.05, 3.63) is 0 Å². The minimum Gasteiger partial charge on any atom is -0.377 e. The highest BCUT2D eigenvalue weighted by Gasteiger charge is 2.40. The number of hydrogen-bond acceptors (Lipinski definition) is 3. The Hall–Kier alpha value is -0.330. The molecule has 1 aliphatic heterocycles. The molecule has 0 radical (unpaired) electrons.